The van der Waals surface area contributed by atoms with Crippen molar-refractivity contribution in [1.82, 2.24) is 0 Å². The lowest BCUT2D eigenvalue weighted by molar-refractivity contribution is 1.03. The third kappa shape index (κ3) is 2.16. The molecule has 0 aromatic heterocycles. The highest BCUT2D eigenvalue weighted by Gasteiger charge is 2.34. The summed E-state index contributed by atoms with van der Waals surface area (Å²) < 4.78 is 0. The van der Waals surface area contributed by atoms with Crippen LogP contribution in [0.15, 0.2) is 53.8 Å². The van der Waals surface area contributed by atoms with Gasteiger partial charge in [-0.25, -0.2) is 0 Å². The summed E-state index contributed by atoms with van der Waals surface area (Å²) >= 11 is 6.95. The predicted molar refractivity (Wildman–Crippen MR) is 74.6 cm³/mol. The van der Waals surface area contributed by atoms with E-state index in [4.69, 9.17) is 11.1 Å². The van der Waals surface area contributed by atoms with Gasteiger partial charge in [0.1, 0.15) is 0 Å². The zero-order valence-electron chi connectivity index (χ0n) is 9.62. The Morgan fingerprint density at radius 3 is 2.50 bits per heavy atom. The van der Waals surface area contributed by atoms with Gasteiger partial charge >= 0.3 is 0 Å². The molecule has 1 aliphatic carbocycles. The van der Waals surface area contributed by atoms with E-state index in [2.05, 4.69) is 55.5 Å². The molecule has 1 unspecified atom stereocenters. The molecule has 2 rings (SSSR count). The maximum Gasteiger partial charge on any atom is 0.216 e. The van der Waals surface area contributed by atoms with Gasteiger partial charge in [-0.1, -0.05) is 55.5 Å². The van der Waals surface area contributed by atoms with Crippen LogP contribution in [0.25, 0.3) is 0 Å². The summed E-state index contributed by atoms with van der Waals surface area (Å²) in [4.78, 5) is 0. The smallest absolute Gasteiger partial charge is 0.155 e. The van der Waals surface area contributed by atoms with Gasteiger partial charge in [0.15, 0.2) is 0 Å². The molecule has 0 amide bonds. The third-order valence-electron chi connectivity index (χ3n) is 3.17. The van der Waals surface area contributed by atoms with E-state index >= 15 is 0 Å². The molecule has 0 bridgehead atoms. The van der Waals surface area contributed by atoms with Crippen molar-refractivity contribution < 1.29 is 0 Å². The van der Waals surface area contributed by atoms with Crippen molar-refractivity contribution in [2.75, 3.05) is 0 Å². The zero-order valence-corrected chi connectivity index (χ0v) is 11.4. The third-order valence-corrected chi connectivity index (χ3v) is 8.79. The van der Waals surface area contributed by atoms with Gasteiger partial charge in [-0.2, -0.15) is 11.1 Å². The molecule has 0 aliphatic heterocycles. The van der Waals surface area contributed by atoms with Gasteiger partial charge in [0, 0.05) is 0 Å². The maximum atomic E-state index is 6.95. The number of hydrogen-bond acceptors (Lipinski definition) is 0. The molecule has 1 atom stereocenters. The molecule has 1 aliphatic rings. The molecule has 0 nitrogen and oxygen atoms in total. The van der Waals surface area contributed by atoms with Crippen molar-refractivity contribution in [3.63, 3.8) is 0 Å². The molecule has 0 heterocycles. The zero-order chi connectivity index (χ0) is 11.4. The number of hydrogen-bond donors (Lipinski definition) is 0. The summed E-state index contributed by atoms with van der Waals surface area (Å²) in [5.41, 5.74) is 0. The fourth-order valence-electron chi connectivity index (χ4n) is 2.18. The average Bonchev–Trinajstić information content (AvgIpc) is 2.40. The molecular formula is C14H17ClSi. The van der Waals surface area contributed by atoms with Crippen LogP contribution in [0.4, 0.5) is 0 Å². The van der Waals surface area contributed by atoms with Crippen LogP contribution in [-0.4, -0.2) is 7.38 Å². The fraction of sp³-hybridized carbons (Fsp3) is 0.286. The van der Waals surface area contributed by atoms with Crippen LogP contribution in [0.2, 0.25) is 6.04 Å². The SMILES string of the molecule is CC[Si](Cl)(C1=CCCC=C1)c1ccccc1. The van der Waals surface area contributed by atoms with Crippen molar-refractivity contribution in [2.24, 2.45) is 0 Å². The van der Waals surface area contributed by atoms with Gasteiger partial charge in [-0.05, 0) is 29.3 Å². The Kier molecular flexibility index (Phi) is 3.67. The van der Waals surface area contributed by atoms with Crippen molar-refractivity contribution in [3.8, 4) is 0 Å². The second-order valence-electron chi connectivity index (χ2n) is 4.16. The first-order valence-electron chi connectivity index (χ1n) is 5.89. The lowest BCUT2D eigenvalue weighted by atomic mass is 10.2. The Morgan fingerprint density at radius 2 is 1.94 bits per heavy atom. The van der Waals surface area contributed by atoms with Crippen molar-refractivity contribution in [1.29, 1.82) is 0 Å². The first-order chi connectivity index (χ1) is 7.77. The second kappa shape index (κ2) is 5.02. The largest absolute Gasteiger partial charge is 0.216 e. The Balaban J connectivity index is 2.40. The normalized spacial score (nSPS) is 19.0. The second-order valence-corrected chi connectivity index (χ2v) is 9.56. The molecule has 84 valence electrons. The lowest BCUT2D eigenvalue weighted by Gasteiger charge is -2.26. The average molecular weight is 249 g/mol. The molecule has 0 saturated carbocycles. The lowest BCUT2D eigenvalue weighted by Crippen LogP contribution is -2.43. The van der Waals surface area contributed by atoms with E-state index in [-0.39, 0.29) is 0 Å². The standard InChI is InChI=1S/C14H17ClSi/c1-2-16(15,13-9-5-3-6-10-13)14-11-7-4-8-12-14/h3,5-7,9-12H,2,4,8H2,1H3. The first kappa shape index (κ1) is 11.7. The summed E-state index contributed by atoms with van der Waals surface area (Å²) in [7, 11) is -1.95. The summed E-state index contributed by atoms with van der Waals surface area (Å²) in [6, 6.07) is 11.6. The van der Waals surface area contributed by atoms with E-state index in [1.165, 1.54) is 10.4 Å². The van der Waals surface area contributed by atoms with Gasteiger partial charge in [-0.3, -0.25) is 0 Å². The van der Waals surface area contributed by atoms with E-state index in [1.54, 1.807) is 0 Å². The molecule has 0 N–H and O–H groups in total. The van der Waals surface area contributed by atoms with Gasteiger partial charge in [0.05, 0.1) is 0 Å². The fourth-order valence-corrected chi connectivity index (χ4v) is 5.70. The molecule has 16 heavy (non-hydrogen) atoms. The van der Waals surface area contributed by atoms with Gasteiger partial charge < -0.3 is 0 Å². The number of rotatable bonds is 3. The highest BCUT2D eigenvalue weighted by atomic mass is 35.6. The van der Waals surface area contributed by atoms with E-state index in [9.17, 15) is 0 Å². The topological polar surface area (TPSA) is 0 Å². The Bertz CT molecular complexity index is 408. The van der Waals surface area contributed by atoms with Crippen molar-refractivity contribution in [3.05, 3.63) is 53.8 Å². The quantitative estimate of drug-likeness (QED) is 0.562. The minimum atomic E-state index is -1.95. The van der Waals surface area contributed by atoms with Crippen LogP contribution >= 0.6 is 11.1 Å². The summed E-state index contributed by atoms with van der Waals surface area (Å²) in [6.45, 7) is 2.20. The Hall–Kier alpha value is -0.793. The van der Waals surface area contributed by atoms with E-state index in [1.807, 2.05) is 0 Å². The number of allylic oxidation sites excluding steroid dienone is 4. The molecule has 1 aromatic carbocycles. The molecule has 0 radical (unpaired) electrons. The monoisotopic (exact) mass is 248 g/mol. The number of benzene rings is 1. The molecule has 2 heteroatoms. The van der Waals surface area contributed by atoms with Crippen LogP contribution in [0.5, 0.6) is 0 Å². The summed E-state index contributed by atoms with van der Waals surface area (Å²) in [5.74, 6) is 0. The van der Waals surface area contributed by atoms with Gasteiger partial charge in [-0.15, -0.1) is 0 Å². The molecule has 0 fully saturated rings. The van der Waals surface area contributed by atoms with Crippen LogP contribution in [0, 0.1) is 0 Å². The molecule has 0 spiro atoms. The van der Waals surface area contributed by atoms with E-state index < -0.39 is 7.38 Å². The summed E-state index contributed by atoms with van der Waals surface area (Å²) in [5, 5.41) is 2.71. The van der Waals surface area contributed by atoms with Crippen molar-refractivity contribution >= 4 is 23.6 Å². The predicted octanol–water partition coefficient (Wildman–Crippen LogP) is 3.91. The van der Waals surface area contributed by atoms with E-state index in [0.717, 1.165) is 18.9 Å². The summed E-state index contributed by atoms with van der Waals surface area (Å²) in [6.07, 6.45) is 9.11. The highest BCUT2D eigenvalue weighted by molar-refractivity contribution is 7.31. The van der Waals surface area contributed by atoms with Crippen LogP contribution in [0.1, 0.15) is 19.8 Å². The van der Waals surface area contributed by atoms with Crippen LogP contribution in [-0.2, 0) is 0 Å². The van der Waals surface area contributed by atoms with E-state index in [0.29, 0.717) is 0 Å². The van der Waals surface area contributed by atoms with Gasteiger partial charge in [0.25, 0.3) is 0 Å². The number of halogens is 1. The Labute approximate surface area is 103 Å². The maximum absolute atomic E-state index is 6.95. The van der Waals surface area contributed by atoms with Gasteiger partial charge in [0.2, 0.25) is 7.38 Å². The van der Waals surface area contributed by atoms with Crippen LogP contribution in [0.3, 0.4) is 0 Å². The Morgan fingerprint density at radius 1 is 1.19 bits per heavy atom. The van der Waals surface area contributed by atoms with Crippen molar-refractivity contribution in [2.45, 2.75) is 25.8 Å². The van der Waals surface area contributed by atoms with Crippen LogP contribution < -0.4 is 5.19 Å². The molecular weight excluding hydrogens is 232 g/mol. The molecule has 0 saturated heterocycles. The highest BCUT2D eigenvalue weighted by Crippen LogP contribution is 2.28. The minimum Gasteiger partial charge on any atom is -0.155 e. The first-order valence-corrected chi connectivity index (χ1v) is 9.11. The minimum absolute atomic E-state index is 1.05. The molecule has 1 aromatic rings.